The maximum Gasteiger partial charge on any atom is 0.274 e. The number of amides is 1. The summed E-state index contributed by atoms with van der Waals surface area (Å²) in [6, 6.07) is 18.0. The van der Waals surface area contributed by atoms with Crippen LogP contribution >= 0.6 is 11.6 Å². The summed E-state index contributed by atoms with van der Waals surface area (Å²) in [5, 5.41) is 13.3. The van der Waals surface area contributed by atoms with Crippen LogP contribution < -0.4 is 14.9 Å². The summed E-state index contributed by atoms with van der Waals surface area (Å²) in [4.78, 5) is 12.1. The van der Waals surface area contributed by atoms with Crippen molar-refractivity contribution in [1.82, 2.24) is 5.43 Å². The molecule has 0 spiro atoms. The number of hydrogen-bond donors (Lipinski definition) is 1. The number of nitriles is 1. The first-order chi connectivity index (χ1) is 15.5. The van der Waals surface area contributed by atoms with Crippen molar-refractivity contribution in [2.24, 2.45) is 5.10 Å². The fraction of sp³-hybridized carbons (Fsp3) is 0.125. The Morgan fingerprint density at radius 2 is 1.91 bits per heavy atom. The van der Waals surface area contributed by atoms with Gasteiger partial charge in [-0.05, 0) is 66.6 Å². The van der Waals surface area contributed by atoms with E-state index in [2.05, 4.69) is 10.5 Å². The number of carbonyl (C=O) groups is 1. The standard InChI is InChI=1S/C24H19ClFN3O3/c1-2-31-23-12-18(6-10-22(23)32-15-16-3-7-19(25)8-4-16)14-28-29-24(30)20-9-5-17(13-27)11-21(20)26/h3-12,14H,2,15H2,1H3,(H,29,30)/b28-14-. The van der Waals surface area contributed by atoms with Crippen LogP contribution in [0.5, 0.6) is 11.5 Å². The second-order valence-electron chi connectivity index (χ2n) is 6.56. The second kappa shape index (κ2) is 10.9. The molecule has 0 aliphatic carbocycles. The van der Waals surface area contributed by atoms with Crippen LogP contribution in [0.1, 0.15) is 34.0 Å². The van der Waals surface area contributed by atoms with E-state index in [0.717, 1.165) is 11.6 Å². The molecule has 0 saturated carbocycles. The third-order valence-electron chi connectivity index (χ3n) is 4.30. The van der Waals surface area contributed by atoms with E-state index in [1.165, 1.54) is 18.3 Å². The van der Waals surface area contributed by atoms with Crippen LogP contribution in [0.25, 0.3) is 0 Å². The van der Waals surface area contributed by atoms with Gasteiger partial charge in [0.25, 0.3) is 5.91 Å². The van der Waals surface area contributed by atoms with Crippen LogP contribution in [-0.2, 0) is 6.61 Å². The van der Waals surface area contributed by atoms with Crippen molar-refractivity contribution in [2.45, 2.75) is 13.5 Å². The molecule has 3 aromatic carbocycles. The molecular formula is C24H19ClFN3O3. The van der Waals surface area contributed by atoms with E-state index in [1.807, 2.05) is 25.1 Å². The number of hydrogen-bond acceptors (Lipinski definition) is 5. The lowest BCUT2D eigenvalue weighted by Crippen LogP contribution is -2.19. The normalized spacial score (nSPS) is 10.6. The molecule has 0 bridgehead atoms. The van der Waals surface area contributed by atoms with Gasteiger partial charge in [0.15, 0.2) is 11.5 Å². The van der Waals surface area contributed by atoms with Gasteiger partial charge in [-0.1, -0.05) is 23.7 Å². The lowest BCUT2D eigenvalue weighted by molar-refractivity contribution is 0.0951. The summed E-state index contributed by atoms with van der Waals surface area (Å²) in [6.45, 7) is 2.64. The Kier molecular flexibility index (Phi) is 7.79. The largest absolute Gasteiger partial charge is 0.490 e. The molecule has 32 heavy (non-hydrogen) atoms. The minimum atomic E-state index is -0.794. The quantitative estimate of drug-likeness (QED) is 0.382. The molecule has 1 N–H and O–H groups in total. The number of hydrazone groups is 1. The predicted octanol–water partition coefficient (Wildman–Crippen LogP) is 5.09. The summed E-state index contributed by atoms with van der Waals surface area (Å²) in [6.07, 6.45) is 1.41. The number of benzene rings is 3. The van der Waals surface area contributed by atoms with E-state index in [-0.39, 0.29) is 11.1 Å². The first kappa shape index (κ1) is 22.8. The van der Waals surface area contributed by atoms with E-state index in [4.69, 9.17) is 26.3 Å². The third-order valence-corrected chi connectivity index (χ3v) is 4.55. The highest BCUT2D eigenvalue weighted by Gasteiger charge is 2.12. The topological polar surface area (TPSA) is 83.7 Å². The molecule has 0 heterocycles. The number of halogens is 2. The van der Waals surface area contributed by atoms with Crippen LogP contribution in [0.2, 0.25) is 5.02 Å². The molecule has 0 saturated heterocycles. The highest BCUT2D eigenvalue weighted by atomic mass is 35.5. The maximum atomic E-state index is 13.9. The lowest BCUT2D eigenvalue weighted by atomic mass is 10.1. The Labute approximate surface area is 189 Å². The first-order valence-corrected chi connectivity index (χ1v) is 10.0. The van der Waals surface area contributed by atoms with Gasteiger partial charge in [-0.3, -0.25) is 4.79 Å². The Balaban J connectivity index is 1.66. The van der Waals surface area contributed by atoms with Crippen molar-refractivity contribution in [2.75, 3.05) is 6.61 Å². The summed E-state index contributed by atoms with van der Waals surface area (Å²) < 4.78 is 25.4. The fourth-order valence-electron chi connectivity index (χ4n) is 2.73. The smallest absolute Gasteiger partial charge is 0.274 e. The Bertz CT molecular complexity index is 1170. The third kappa shape index (κ3) is 6.06. The van der Waals surface area contributed by atoms with Crippen LogP contribution in [0.4, 0.5) is 4.39 Å². The highest BCUT2D eigenvalue weighted by molar-refractivity contribution is 6.30. The zero-order valence-corrected chi connectivity index (χ0v) is 17.9. The van der Waals surface area contributed by atoms with E-state index in [0.29, 0.717) is 35.3 Å². The van der Waals surface area contributed by atoms with Gasteiger partial charge >= 0.3 is 0 Å². The zero-order chi connectivity index (χ0) is 22.9. The van der Waals surface area contributed by atoms with E-state index in [1.54, 1.807) is 30.3 Å². The van der Waals surface area contributed by atoms with E-state index >= 15 is 0 Å². The van der Waals surface area contributed by atoms with Crippen LogP contribution in [-0.4, -0.2) is 18.7 Å². The molecule has 0 fully saturated rings. The number of nitrogens with zero attached hydrogens (tertiary/aromatic N) is 2. The second-order valence-corrected chi connectivity index (χ2v) is 7.00. The van der Waals surface area contributed by atoms with Crippen molar-refractivity contribution in [1.29, 1.82) is 5.26 Å². The van der Waals surface area contributed by atoms with Gasteiger partial charge in [0, 0.05) is 5.02 Å². The van der Waals surface area contributed by atoms with Crippen molar-refractivity contribution >= 4 is 23.7 Å². The molecule has 1 amide bonds. The number of ether oxygens (including phenoxy) is 2. The van der Waals surface area contributed by atoms with Gasteiger partial charge in [0.1, 0.15) is 12.4 Å². The van der Waals surface area contributed by atoms with Crippen LogP contribution in [0, 0.1) is 17.1 Å². The molecule has 3 rings (SSSR count). The van der Waals surface area contributed by atoms with Crippen LogP contribution in [0.3, 0.4) is 0 Å². The summed E-state index contributed by atoms with van der Waals surface area (Å²) in [7, 11) is 0. The van der Waals surface area contributed by atoms with Gasteiger partial charge in [-0.15, -0.1) is 0 Å². The molecular weight excluding hydrogens is 433 g/mol. The predicted molar refractivity (Wildman–Crippen MR) is 120 cm³/mol. The van der Waals surface area contributed by atoms with E-state index in [9.17, 15) is 9.18 Å². The van der Waals surface area contributed by atoms with Gasteiger partial charge in [0.2, 0.25) is 0 Å². The fourth-order valence-corrected chi connectivity index (χ4v) is 2.85. The van der Waals surface area contributed by atoms with Crippen LogP contribution in [0.15, 0.2) is 65.8 Å². The highest BCUT2D eigenvalue weighted by Crippen LogP contribution is 2.29. The average Bonchev–Trinajstić information content (AvgIpc) is 2.79. The molecule has 0 unspecified atom stereocenters. The molecule has 0 aliphatic heterocycles. The average molecular weight is 452 g/mol. The molecule has 0 atom stereocenters. The van der Waals surface area contributed by atoms with Gasteiger partial charge < -0.3 is 9.47 Å². The Hall–Kier alpha value is -3.89. The summed E-state index contributed by atoms with van der Waals surface area (Å²) >= 11 is 5.90. The summed E-state index contributed by atoms with van der Waals surface area (Å²) in [5.74, 6) is -0.439. The number of nitrogens with one attached hydrogen (secondary N) is 1. The monoisotopic (exact) mass is 451 g/mol. The molecule has 8 heteroatoms. The lowest BCUT2D eigenvalue weighted by Gasteiger charge is -2.12. The first-order valence-electron chi connectivity index (χ1n) is 9.67. The van der Waals surface area contributed by atoms with Crippen molar-refractivity contribution in [3.05, 3.63) is 93.8 Å². The molecule has 0 radical (unpaired) electrons. The molecule has 0 aliphatic rings. The maximum absolute atomic E-state index is 13.9. The number of rotatable bonds is 8. The van der Waals surface area contributed by atoms with Crippen molar-refractivity contribution < 1.29 is 18.7 Å². The number of carbonyl (C=O) groups excluding carboxylic acids is 1. The van der Waals surface area contributed by atoms with Crippen molar-refractivity contribution in [3.63, 3.8) is 0 Å². The van der Waals surface area contributed by atoms with Gasteiger partial charge in [0.05, 0.1) is 30.0 Å². The molecule has 0 aromatic heterocycles. The Morgan fingerprint density at radius 3 is 2.59 bits per heavy atom. The molecule has 162 valence electrons. The SMILES string of the molecule is CCOc1cc(/C=N\NC(=O)c2ccc(C#N)cc2F)ccc1OCc1ccc(Cl)cc1. The van der Waals surface area contributed by atoms with Gasteiger partial charge in [-0.25, -0.2) is 9.82 Å². The minimum Gasteiger partial charge on any atom is -0.490 e. The summed E-state index contributed by atoms with van der Waals surface area (Å²) in [5.41, 5.74) is 3.80. The van der Waals surface area contributed by atoms with E-state index < -0.39 is 11.7 Å². The Morgan fingerprint density at radius 1 is 1.12 bits per heavy atom. The van der Waals surface area contributed by atoms with Crippen molar-refractivity contribution in [3.8, 4) is 17.6 Å². The zero-order valence-electron chi connectivity index (χ0n) is 17.1. The minimum absolute atomic E-state index is 0.129. The van der Waals surface area contributed by atoms with Gasteiger partial charge in [-0.2, -0.15) is 10.4 Å². The molecule has 6 nitrogen and oxygen atoms in total. The molecule has 3 aromatic rings.